The summed E-state index contributed by atoms with van der Waals surface area (Å²) in [6.07, 6.45) is 5.45. The highest BCUT2D eigenvalue weighted by atomic mass is 16.5. The van der Waals surface area contributed by atoms with Crippen molar-refractivity contribution in [1.29, 1.82) is 0 Å². The van der Waals surface area contributed by atoms with Crippen LogP contribution < -0.4 is 15.0 Å². The van der Waals surface area contributed by atoms with Gasteiger partial charge in [-0.15, -0.1) is 0 Å². The smallest absolute Gasteiger partial charge is 0.414 e. The maximum atomic E-state index is 12.5. The third kappa shape index (κ3) is 9.88. The summed E-state index contributed by atoms with van der Waals surface area (Å²) in [6, 6.07) is 13.6. The van der Waals surface area contributed by atoms with Crippen molar-refractivity contribution in [3.05, 3.63) is 60.6 Å². The first-order chi connectivity index (χ1) is 22.0. The van der Waals surface area contributed by atoms with Crippen molar-refractivity contribution in [3.8, 4) is 5.75 Å². The molecule has 16 heteroatoms. The van der Waals surface area contributed by atoms with Crippen molar-refractivity contribution < 1.29 is 53.6 Å². The molecule has 0 aliphatic carbocycles. The number of amides is 1. The molecule has 0 bridgehead atoms. The van der Waals surface area contributed by atoms with Gasteiger partial charge in [0.05, 0.1) is 18.3 Å². The van der Waals surface area contributed by atoms with Gasteiger partial charge in [0.2, 0.25) is 0 Å². The number of piperazine rings is 1. The first-order valence-electron chi connectivity index (χ1n) is 14.0. The largest absolute Gasteiger partial charge is 0.493 e. The number of carboxylic acids is 4. The Balaban J connectivity index is 0.000000410. The van der Waals surface area contributed by atoms with Crippen LogP contribution in [0, 0.1) is 0 Å². The average molecular weight is 640 g/mol. The summed E-state index contributed by atoms with van der Waals surface area (Å²) in [6.45, 7) is 5.64. The topological polar surface area (TPSA) is 233 Å². The number of hydrogen-bond acceptors (Lipinski definition) is 11. The molecule has 5 N–H and O–H groups in total. The van der Waals surface area contributed by atoms with Crippen molar-refractivity contribution >= 4 is 57.5 Å². The molecular weight excluding hydrogens is 606 g/mol. The molecular formula is C30H33N5O11. The van der Waals surface area contributed by atoms with Crippen LogP contribution in [0.25, 0.3) is 22.0 Å². The number of carbonyl (C=O) groups is 5. The van der Waals surface area contributed by atoms with Gasteiger partial charge in [0, 0.05) is 50.5 Å². The van der Waals surface area contributed by atoms with Crippen LogP contribution in [0.2, 0.25) is 0 Å². The molecule has 46 heavy (non-hydrogen) atoms. The lowest BCUT2D eigenvalue weighted by Crippen LogP contribution is -2.46. The van der Waals surface area contributed by atoms with Crippen LogP contribution >= 0.6 is 0 Å². The van der Waals surface area contributed by atoms with Crippen LogP contribution in [0.15, 0.2) is 59.3 Å². The van der Waals surface area contributed by atoms with Crippen LogP contribution in [-0.4, -0.2) is 111 Å². The van der Waals surface area contributed by atoms with Crippen LogP contribution in [-0.2, 0) is 19.2 Å². The van der Waals surface area contributed by atoms with E-state index in [4.69, 9.17) is 48.8 Å². The Morgan fingerprint density at radius 2 is 1.48 bits per heavy atom. The molecule has 1 fully saturated rings. The summed E-state index contributed by atoms with van der Waals surface area (Å²) in [5.41, 5.74) is 3.67. The van der Waals surface area contributed by atoms with Gasteiger partial charge in [0.1, 0.15) is 5.52 Å². The quantitative estimate of drug-likeness (QED) is 0.137. The number of aromatic nitrogens is 2. The zero-order valence-corrected chi connectivity index (χ0v) is 24.8. The molecule has 1 aliphatic heterocycles. The van der Waals surface area contributed by atoms with Gasteiger partial charge in [-0.3, -0.25) is 19.7 Å². The number of hydrogen-bond donors (Lipinski definition) is 5. The summed E-state index contributed by atoms with van der Waals surface area (Å²) in [5.74, 6) is -6.54. The number of rotatable bonds is 8. The standard InChI is InChI=1S/C26H29N5O3.2C2H2O4/c1-33-22-9-4-6-19-18-23(34-25(19)22)26(32)29-10-2-3-13-30-14-16-31(17-15-30)21-8-5-7-20-24(21)28-12-11-27-20;2*3-1(4)2(5)6/h4-9,11-12,18H,2-3,10,13-17H2,1H3,(H,29,32);2*(H,3,4)(H,5,6). The van der Waals surface area contributed by atoms with Crippen molar-refractivity contribution in [2.45, 2.75) is 12.8 Å². The predicted octanol–water partition coefficient (Wildman–Crippen LogP) is 2.03. The minimum Gasteiger partial charge on any atom is -0.493 e. The fourth-order valence-electron chi connectivity index (χ4n) is 4.50. The number of furan rings is 1. The molecule has 5 rings (SSSR count). The number of nitrogens with zero attached hydrogens (tertiary/aromatic N) is 4. The second-order valence-electron chi connectivity index (χ2n) is 9.70. The summed E-state index contributed by atoms with van der Waals surface area (Å²) < 4.78 is 11.0. The van der Waals surface area contributed by atoms with E-state index in [1.165, 1.54) is 0 Å². The van der Waals surface area contributed by atoms with Gasteiger partial charge in [0.25, 0.3) is 5.91 Å². The highest BCUT2D eigenvalue weighted by Crippen LogP contribution is 2.28. The second kappa shape index (κ2) is 16.9. The van der Waals surface area contributed by atoms with Crippen molar-refractivity contribution in [2.24, 2.45) is 0 Å². The molecule has 0 saturated carbocycles. The van der Waals surface area contributed by atoms with Gasteiger partial charge in [-0.1, -0.05) is 18.2 Å². The minimum absolute atomic E-state index is 0.190. The number of carbonyl (C=O) groups excluding carboxylic acids is 1. The van der Waals surface area contributed by atoms with Gasteiger partial charge < -0.3 is 39.8 Å². The Hall–Kier alpha value is -5.77. The molecule has 1 aliphatic rings. The van der Waals surface area contributed by atoms with E-state index in [2.05, 4.69) is 37.2 Å². The van der Waals surface area contributed by atoms with Crippen LogP contribution in [0.3, 0.4) is 0 Å². The summed E-state index contributed by atoms with van der Waals surface area (Å²) in [7, 11) is 1.59. The number of para-hydroxylation sites is 2. The maximum Gasteiger partial charge on any atom is 0.414 e. The van der Waals surface area contributed by atoms with E-state index in [-0.39, 0.29) is 5.91 Å². The molecule has 3 heterocycles. The molecule has 244 valence electrons. The Kier molecular flexibility index (Phi) is 12.8. The summed E-state index contributed by atoms with van der Waals surface area (Å²) in [4.78, 5) is 62.7. The fraction of sp³-hybridized carbons (Fsp3) is 0.300. The van der Waals surface area contributed by atoms with Crippen LogP contribution in [0.5, 0.6) is 5.75 Å². The lowest BCUT2D eigenvalue weighted by molar-refractivity contribution is -0.159. The zero-order chi connectivity index (χ0) is 33.6. The Bertz CT molecular complexity index is 1630. The molecule has 4 aromatic rings. The first-order valence-corrected chi connectivity index (χ1v) is 14.0. The number of carboxylic acid groups (broad SMARTS) is 4. The van der Waals surface area contributed by atoms with E-state index in [1.807, 2.05) is 24.3 Å². The number of unbranched alkanes of at least 4 members (excludes halogenated alkanes) is 1. The first kappa shape index (κ1) is 34.7. The normalized spacial score (nSPS) is 12.7. The Morgan fingerprint density at radius 1 is 0.848 bits per heavy atom. The van der Waals surface area contributed by atoms with Gasteiger partial charge in [-0.25, -0.2) is 19.2 Å². The highest BCUT2D eigenvalue weighted by molar-refractivity contribution is 6.27. The van der Waals surface area contributed by atoms with Gasteiger partial charge in [0.15, 0.2) is 17.1 Å². The number of fused-ring (bicyclic) bond motifs is 2. The summed E-state index contributed by atoms with van der Waals surface area (Å²) >= 11 is 0. The van der Waals surface area contributed by atoms with E-state index >= 15 is 0 Å². The monoisotopic (exact) mass is 639 g/mol. The van der Waals surface area contributed by atoms with Crippen molar-refractivity contribution in [2.75, 3.05) is 51.3 Å². The number of anilines is 1. The summed E-state index contributed by atoms with van der Waals surface area (Å²) in [5, 5.41) is 33.4. The van der Waals surface area contributed by atoms with Crippen LogP contribution in [0.4, 0.5) is 5.69 Å². The third-order valence-corrected chi connectivity index (χ3v) is 6.69. The lowest BCUT2D eigenvalue weighted by Gasteiger charge is -2.36. The molecule has 0 spiro atoms. The van der Waals surface area contributed by atoms with Crippen molar-refractivity contribution in [1.82, 2.24) is 20.2 Å². The van der Waals surface area contributed by atoms with Crippen LogP contribution in [0.1, 0.15) is 23.4 Å². The minimum atomic E-state index is -1.82. The SMILES string of the molecule is COc1cccc2cc(C(=O)NCCCCN3CCN(c4cccc5nccnc45)CC3)oc12.O=C(O)C(=O)O.O=C(O)C(=O)O. The van der Waals surface area contributed by atoms with Gasteiger partial charge in [-0.2, -0.15) is 0 Å². The third-order valence-electron chi connectivity index (χ3n) is 6.69. The molecule has 2 aromatic heterocycles. The number of methoxy groups -OCH3 is 1. The predicted molar refractivity (Wildman–Crippen MR) is 163 cm³/mol. The van der Waals surface area contributed by atoms with Gasteiger partial charge in [-0.05, 0) is 43.7 Å². The zero-order valence-electron chi connectivity index (χ0n) is 24.8. The number of nitrogens with one attached hydrogen (secondary N) is 1. The Labute approximate surface area is 261 Å². The van der Waals surface area contributed by atoms with E-state index in [0.717, 1.165) is 67.7 Å². The van der Waals surface area contributed by atoms with E-state index < -0.39 is 23.9 Å². The van der Waals surface area contributed by atoms with E-state index in [9.17, 15) is 4.79 Å². The number of benzene rings is 2. The molecule has 1 amide bonds. The lowest BCUT2D eigenvalue weighted by atomic mass is 10.2. The average Bonchev–Trinajstić information content (AvgIpc) is 3.50. The maximum absolute atomic E-state index is 12.5. The molecule has 1 saturated heterocycles. The van der Waals surface area contributed by atoms with Crippen molar-refractivity contribution in [3.63, 3.8) is 0 Å². The number of ether oxygens (including phenoxy) is 1. The van der Waals surface area contributed by atoms with E-state index in [1.54, 1.807) is 25.6 Å². The second-order valence-corrected chi connectivity index (χ2v) is 9.70. The Morgan fingerprint density at radius 3 is 2.11 bits per heavy atom. The fourth-order valence-corrected chi connectivity index (χ4v) is 4.50. The number of aliphatic carboxylic acids is 4. The molecule has 0 unspecified atom stereocenters. The molecule has 16 nitrogen and oxygen atoms in total. The van der Waals surface area contributed by atoms with E-state index in [0.29, 0.717) is 23.6 Å². The molecule has 0 radical (unpaired) electrons. The van der Waals surface area contributed by atoms with Gasteiger partial charge >= 0.3 is 23.9 Å². The molecule has 2 aromatic carbocycles. The molecule has 0 atom stereocenters. The highest BCUT2D eigenvalue weighted by Gasteiger charge is 2.19.